The van der Waals surface area contributed by atoms with Crippen LogP contribution in [0.2, 0.25) is 0 Å². The molecule has 0 aromatic heterocycles. The quantitative estimate of drug-likeness (QED) is 0.448. The molecule has 5 rings (SSSR count). The molecule has 0 aliphatic carbocycles. The molecule has 0 unspecified atom stereocenters. The molecule has 2 aliphatic rings. The van der Waals surface area contributed by atoms with Gasteiger partial charge in [0.05, 0.1) is 45.1 Å². The van der Waals surface area contributed by atoms with E-state index in [0.29, 0.717) is 43.2 Å². The van der Waals surface area contributed by atoms with E-state index in [4.69, 9.17) is 14.2 Å². The van der Waals surface area contributed by atoms with Crippen molar-refractivity contribution < 1.29 is 28.9 Å². The first kappa shape index (κ1) is 26.5. The highest BCUT2D eigenvalue weighted by Crippen LogP contribution is 2.42. The number of fused-ring (bicyclic) bond motifs is 2. The zero-order valence-corrected chi connectivity index (χ0v) is 23.0. The van der Waals surface area contributed by atoms with Gasteiger partial charge < -0.3 is 29.5 Å². The molecule has 1 spiro atoms. The topological polar surface area (TPSA) is 97.3 Å². The molecule has 2 aliphatic heterocycles. The number of nitrogens with one attached hydrogen (secondary N) is 1. The molecular formula is C29H31BrN2O6. The summed E-state index contributed by atoms with van der Waals surface area (Å²) >= 11 is 3.54. The number of methoxy groups -OCH3 is 1. The van der Waals surface area contributed by atoms with Crippen molar-refractivity contribution in [1.82, 2.24) is 5.32 Å². The molecule has 2 amide bonds. The minimum absolute atomic E-state index is 0.116. The Labute approximate surface area is 230 Å². The number of nitrogens with zero attached hydrogens (tertiary/aromatic N) is 1. The van der Waals surface area contributed by atoms with Crippen LogP contribution in [-0.4, -0.2) is 55.0 Å². The van der Waals surface area contributed by atoms with E-state index in [1.807, 2.05) is 54.6 Å². The number of halogens is 1. The maximum Gasteiger partial charge on any atom is 0.254 e. The van der Waals surface area contributed by atoms with Gasteiger partial charge in [0.2, 0.25) is 5.91 Å². The number of carbonyl (C=O) groups excluding carboxylic acids is 2. The smallest absolute Gasteiger partial charge is 0.254 e. The SMILES string of the molecule is COc1ccc2cc(Br)ccc2c1CN1C(=O)[C@H](NC(=O)C[C@H](C)O)C2(CCOCC2)Oc2ccccc21. The predicted molar refractivity (Wildman–Crippen MR) is 147 cm³/mol. The molecule has 0 bridgehead atoms. The Hall–Kier alpha value is -3.14. The lowest BCUT2D eigenvalue weighted by atomic mass is 9.84. The Morgan fingerprint density at radius 3 is 2.71 bits per heavy atom. The van der Waals surface area contributed by atoms with Gasteiger partial charge in [-0.15, -0.1) is 0 Å². The fraction of sp³-hybridized carbons (Fsp3) is 0.379. The highest BCUT2D eigenvalue weighted by molar-refractivity contribution is 9.10. The molecule has 0 radical (unpaired) electrons. The summed E-state index contributed by atoms with van der Waals surface area (Å²) in [6, 6.07) is 16.3. The van der Waals surface area contributed by atoms with Crippen LogP contribution in [0.4, 0.5) is 5.69 Å². The van der Waals surface area contributed by atoms with Crippen LogP contribution in [0.3, 0.4) is 0 Å². The zero-order valence-electron chi connectivity index (χ0n) is 21.4. The van der Waals surface area contributed by atoms with Crippen molar-refractivity contribution in [3.8, 4) is 11.5 Å². The average Bonchev–Trinajstić information content (AvgIpc) is 2.98. The second-order valence-corrected chi connectivity index (χ2v) is 10.8. The van der Waals surface area contributed by atoms with Crippen LogP contribution in [0, 0.1) is 0 Å². The molecule has 8 nitrogen and oxygen atoms in total. The minimum Gasteiger partial charge on any atom is -0.496 e. The number of anilines is 1. The lowest BCUT2D eigenvalue weighted by Gasteiger charge is -2.41. The normalized spacial score (nSPS) is 19.4. The van der Waals surface area contributed by atoms with Gasteiger partial charge in [0.15, 0.2) is 0 Å². The third-order valence-electron chi connectivity index (χ3n) is 7.22. The van der Waals surface area contributed by atoms with Gasteiger partial charge in [0, 0.05) is 22.9 Å². The number of amides is 2. The monoisotopic (exact) mass is 582 g/mol. The van der Waals surface area contributed by atoms with Crippen LogP contribution < -0.4 is 19.7 Å². The van der Waals surface area contributed by atoms with Crippen molar-refractivity contribution in [2.24, 2.45) is 0 Å². The molecule has 38 heavy (non-hydrogen) atoms. The maximum atomic E-state index is 14.5. The van der Waals surface area contributed by atoms with Crippen LogP contribution >= 0.6 is 15.9 Å². The van der Waals surface area contributed by atoms with E-state index < -0.39 is 23.7 Å². The van der Waals surface area contributed by atoms with Crippen LogP contribution in [-0.2, 0) is 20.9 Å². The lowest BCUT2D eigenvalue weighted by Crippen LogP contribution is -2.63. The van der Waals surface area contributed by atoms with Gasteiger partial charge in [-0.3, -0.25) is 9.59 Å². The summed E-state index contributed by atoms with van der Waals surface area (Å²) in [6.45, 7) is 2.56. The average molecular weight is 583 g/mol. The van der Waals surface area contributed by atoms with Crippen molar-refractivity contribution in [2.45, 2.75) is 50.5 Å². The first-order valence-electron chi connectivity index (χ1n) is 12.7. The molecule has 0 saturated carbocycles. The number of para-hydroxylation sites is 2. The largest absolute Gasteiger partial charge is 0.496 e. The summed E-state index contributed by atoms with van der Waals surface area (Å²) < 4.78 is 18.9. The summed E-state index contributed by atoms with van der Waals surface area (Å²) in [5.74, 6) is 0.529. The van der Waals surface area contributed by atoms with E-state index in [2.05, 4.69) is 21.2 Å². The van der Waals surface area contributed by atoms with E-state index in [-0.39, 0.29) is 18.9 Å². The van der Waals surface area contributed by atoms with E-state index in [9.17, 15) is 14.7 Å². The third-order valence-corrected chi connectivity index (χ3v) is 7.71. The molecular weight excluding hydrogens is 552 g/mol. The third kappa shape index (κ3) is 5.10. The molecule has 1 saturated heterocycles. The van der Waals surface area contributed by atoms with Crippen LogP contribution in [0.25, 0.3) is 10.8 Å². The van der Waals surface area contributed by atoms with E-state index in [1.54, 1.807) is 18.9 Å². The summed E-state index contributed by atoms with van der Waals surface area (Å²) in [7, 11) is 1.61. The summed E-state index contributed by atoms with van der Waals surface area (Å²) in [5.41, 5.74) is 0.479. The van der Waals surface area contributed by atoms with Gasteiger partial charge in [-0.1, -0.05) is 40.2 Å². The van der Waals surface area contributed by atoms with E-state index in [0.717, 1.165) is 20.8 Å². The summed E-state index contributed by atoms with van der Waals surface area (Å²) in [4.78, 5) is 29.0. The van der Waals surface area contributed by atoms with Gasteiger partial charge in [0.1, 0.15) is 23.1 Å². The Morgan fingerprint density at radius 1 is 1.21 bits per heavy atom. The molecule has 2 atom stereocenters. The van der Waals surface area contributed by atoms with Crippen LogP contribution in [0.1, 0.15) is 31.7 Å². The number of carbonyl (C=O) groups is 2. The number of ether oxygens (including phenoxy) is 3. The van der Waals surface area contributed by atoms with Crippen molar-refractivity contribution >= 4 is 44.2 Å². The minimum atomic E-state index is -0.984. The Bertz CT molecular complexity index is 1350. The molecule has 1 fully saturated rings. The Morgan fingerprint density at radius 2 is 1.97 bits per heavy atom. The molecule has 3 aromatic rings. The molecule has 3 aromatic carbocycles. The van der Waals surface area contributed by atoms with E-state index >= 15 is 0 Å². The van der Waals surface area contributed by atoms with Crippen molar-refractivity contribution in [3.05, 3.63) is 64.6 Å². The van der Waals surface area contributed by atoms with Gasteiger partial charge in [0.25, 0.3) is 5.91 Å². The zero-order chi connectivity index (χ0) is 26.9. The van der Waals surface area contributed by atoms with E-state index in [1.165, 1.54) is 0 Å². The summed E-state index contributed by atoms with van der Waals surface area (Å²) in [5, 5.41) is 14.7. The Kier molecular flexibility index (Phi) is 7.61. The maximum absolute atomic E-state index is 14.5. The number of hydrogen-bond acceptors (Lipinski definition) is 6. The van der Waals surface area contributed by atoms with Crippen LogP contribution in [0.15, 0.2) is 59.1 Å². The Balaban J connectivity index is 1.63. The number of aliphatic hydroxyl groups is 1. The van der Waals surface area contributed by atoms with Crippen molar-refractivity contribution in [1.29, 1.82) is 0 Å². The fourth-order valence-electron chi connectivity index (χ4n) is 5.35. The van der Waals surface area contributed by atoms with Crippen molar-refractivity contribution in [2.75, 3.05) is 25.2 Å². The highest BCUT2D eigenvalue weighted by atomic mass is 79.9. The number of benzene rings is 3. The molecule has 200 valence electrons. The molecule has 2 heterocycles. The van der Waals surface area contributed by atoms with Gasteiger partial charge >= 0.3 is 0 Å². The first-order valence-corrected chi connectivity index (χ1v) is 13.5. The first-order chi connectivity index (χ1) is 18.3. The van der Waals surface area contributed by atoms with Crippen LogP contribution in [0.5, 0.6) is 11.5 Å². The van der Waals surface area contributed by atoms with Gasteiger partial charge in [-0.2, -0.15) is 0 Å². The highest BCUT2D eigenvalue weighted by Gasteiger charge is 2.51. The number of hydrogen-bond donors (Lipinski definition) is 2. The predicted octanol–water partition coefficient (Wildman–Crippen LogP) is 4.34. The van der Waals surface area contributed by atoms with Crippen molar-refractivity contribution in [3.63, 3.8) is 0 Å². The molecule has 2 N–H and O–H groups in total. The van der Waals surface area contributed by atoms with Gasteiger partial charge in [-0.05, 0) is 48.0 Å². The standard InChI is InChI=1S/C29H31BrN2O6/c1-18(33)15-26(34)31-27-28(35)32(17-22-21-9-8-20(30)16-19(21)7-10-24(22)36-2)23-5-3-4-6-25(23)38-29(27)11-13-37-14-12-29/h3-10,16,18,27,33H,11-15,17H2,1-2H3,(H,31,34)/t18-,27-/m0/s1. The summed E-state index contributed by atoms with van der Waals surface area (Å²) in [6.07, 6.45) is -0.0804. The van der Waals surface area contributed by atoms with Gasteiger partial charge in [-0.25, -0.2) is 0 Å². The number of aliphatic hydroxyl groups excluding tert-OH is 1. The fourth-order valence-corrected chi connectivity index (χ4v) is 5.73. The lowest BCUT2D eigenvalue weighted by molar-refractivity contribution is -0.138. The second kappa shape index (κ2) is 10.9. The number of rotatable bonds is 6. The molecule has 9 heteroatoms. The second-order valence-electron chi connectivity index (χ2n) is 9.84.